The molecule has 3 aromatic rings. The van der Waals surface area contributed by atoms with Gasteiger partial charge in [-0.3, -0.25) is 9.59 Å². The predicted molar refractivity (Wildman–Crippen MR) is 134 cm³/mol. The zero-order valence-corrected chi connectivity index (χ0v) is 20.6. The van der Waals surface area contributed by atoms with Crippen LogP contribution < -0.4 is 15.4 Å². The normalized spacial score (nSPS) is 21.8. The Kier molecular flexibility index (Phi) is 7.45. The monoisotopic (exact) mass is 482 g/mol. The molecule has 0 spiro atoms. The first kappa shape index (κ1) is 24.1. The van der Waals surface area contributed by atoms with Crippen LogP contribution in [0.3, 0.4) is 0 Å². The molecule has 34 heavy (non-hydrogen) atoms. The Morgan fingerprint density at radius 3 is 2.82 bits per heavy atom. The largest absolute Gasteiger partial charge is 0.491 e. The van der Waals surface area contributed by atoms with Crippen LogP contribution in [0, 0.1) is 5.92 Å². The number of benzene rings is 2. The molecule has 0 radical (unpaired) electrons. The number of aromatic nitrogens is 1. The van der Waals surface area contributed by atoms with Gasteiger partial charge in [-0.1, -0.05) is 19.1 Å². The molecule has 3 atom stereocenters. The van der Waals surface area contributed by atoms with Gasteiger partial charge in [0.25, 0.3) is 11.8 Å². The fourth-order valence-electron chi connectivity index (χ4n) is 3.89. The summed E-state index contributed by atoms with van der Waals surface area (Å²) >= 11 is 1.34. The quantitative estimate of drug-likeness (QED) is 0.592. The molecule has 0 bridgehead atoms. The fourth-order valence-corrected chi connectivity index (χ4v) is 4.75. The first-order valence-corrected chi connectivity index (χ1v) is 12.1. The van der Waals surface area contributed by atoms with Gasteiger partial charge in [0.2, 0.25) is 0 Å². The number of fused-ring (bicyclic) bond motifs is 2. The van der Waals surface area contributed by atoms with E-state index in [1.165, 1.54) is 11.3 Å². The molecule has 0 saturated carbocycles. The molecule has 1 aliphatic rings. The van der Waals surface area contributed by atoms with Gasteiger partial charge in [-0.25, -0.2) is 4.98 Å². The summed E-state index contributed by atoms with van der Waals surface area (Å²) in [6, 6.07) is 12.8. The molecule has 4 rings (SSSR count). The van der Waals surface area contributed by atoms with Crippen LogP contribution in [0.5, 0.6) is 5.75 Å². The minimum absolute atomic E-state index is 0.0704. The van der Waals surface area contributed by atoms with Crippen LogP contribution in [0.2, 0.25) is 0 Å². The summed E-state index contributed by atoms with van der Waals surface area (Å²) < 4.78 is 12.7. The number of thiazole rings is 1. The van der Waals surface area contributed by atoms with Crippen molar-refractivity contribution < 1.29 is 19.1 Å². The number of methoxy groups -OCH3 is 1. The lowest BCUT2D eigenvalue weighted by molar-refractivity contribution is 0.0281. The molecule has 0 unspecified atom stereocenters. The molecule has 8 nitrogen and oxygen atoms in total. The van der Waals surface area contributed by atoms with Crippen LogP contribution in [-0.2, 0) is 4.74 Å². The third-order valence-electron chi connectivity index (χ3n) is 5.97. The van der Waals surface area contributed by atoms with Crippen LogP contribution in [-0.4, -0.2) is 67.7 Å². The smallest absolute Gasteiger partial charge is 0.284 e. The first-order valence-electron chi connectivity index (χ1n) is 11.3. The second-order valence-electron chi connectivity index (χ2n) is 8.71. The van der Waals surface area contributed by atoms with Crippen molar-refractivity contribution in [3.8, 4) is 5.75 Å². The number of hydrogen-bond donors (Lipinski definition) is 2. The predicted octanol–water partition coefficient (Wildman–Crippen LogP) is 3.64. The maximum absolute atomic E-state index is 13.2. The number of likely N-dealkylation sites (N-methyl/N-ethyl adjacent to an activating group) is 1. The summed E-state index contributed by atoms with van der Waals surface area (Å²) in [6.07, 6.45) is -0.0928. The average molecular weight is 483 g/mol. The minimum atomic E-state index is -0.301. The molecule has 180 valence electrons. The summed E-state index contributed by atoms with van der Waals surface area (Å²) in [5, 5.41) is 6.73. The SMILES string of the molecule is CO[C@H]1CN(C)C(=O)c2ccc(NC(=O)c3nc4ccccc4s3)cc2OC[C@H](C)NC[C@H]1C. The lowest BCUT2D eigenvalue weighted by Crippen LogP contribution is -2.44. The zero-order chi connectivity index (χ0) is 24.2. The van der Waals surface area contributed by atoms with Crippen molar-refractivity contribution >= 4 is 39.1 Å². The molecule has 1 aromatic heterocycles. The fraction of sp³-hybridized carbons (Fsp3) is 0.400. The third-order valence-corrected chi connectivity index (χ3v) is 7.01. The van der Waals surface area contributed by atoms with Gasteiger partial charge in [-0.2, -0.15) is 0 Å². The van der Waals surface area contributed by atoms with Gasteiger partial charge in [0.1, 0.15) is 12.4 Å². The van der Waals surface area contributed by atoms with Gasteiger partial charge in [-0.05, 0) is 37.1 Å². The van der Waals surface area contributed by atoms with Crippen molar-refractivity contribution in [3.05, 3.63) is 53.0 Å². The molecule has 2 aromatic carbocycles. The maximum atomic E-state index is 13.2. The topological polar surface area (TPSA) is 92.8 Å². The molecule has 2 heterocycles. The number of amides is 2. The van der Waals surface area contributed by atoms with E-state index in [4.69, 9.17) is 9.47 Å². The highest BCUT2D eigenvalue weighted by molar-refractivity contribution is 7.20. The Morgan fingerprint density at radius 1 is 1.26 bits per heavy atom. The lowest BCUT2D eigenvalue weighted by Gasteiger charge is -2.30. The van der Waals surface area contributed by atoms with Crippen molar-refractivity contribution in [1.29, 1.82) is 0 Å². The Morgan fingerprint density at radius 2 is 2.06 bits per heavy atom. The Labute approximate surface area is 203 Å². The zero-order valence-electron chi connectivity index (χ0n) is 19.8. The molecular formula is C25H30N4O4S. The number of anilines is 1. The minimum Gasteiger partial charge on any atom is -0.491 e. The number of carbonyl (C=O) groups is 2. The molecular weight excluding hydrogens is 452 g/mol. The van der Waals surface area contributed by atoms with Crippen LogP contribution >= 0.6 is 11.3 Å². The number of nitrogens with one attached hydrogen (secondary N) is 2. The first-order chi connectivity index (χ1) is 16.4. The summed E-state index contributed by atoms with van der Waals surface area (Å²) in [6.45, 7) is 5.72. The van der Waals surface area contributed by atoms with E-state index in [-0.39, 0.29) is 29.9 Å². The molecule has 2 amide bonds. The second kappa shape index (κ2) is 10.5. The van der Waals surface area contributed by atoms with Gasteiger partial charge < -0.3 is 25.0 Å². The number of hydrogen-bond acceptors (Lipinski definition) is 7. The molecule has 0 aliphatic carbocycles. The number of rotatable bonds is 3. The van der Waals surface area contributed by atoms with Gasteiger partial charge in [0, 0.05) is 45.0 Å². The van der Waals surface area contributed by atoms with Crippen LogP contribution in [0.15, 0.2) is 42.5 Å². The maximum Gasteiger partial charge on any atom is 0.284 e. The van der Waals surface area contributed by atoms with Crippen molar-refractivity contribution in [2.24, 2.45) is 5.92 Å². The summed E-state index contributed by atoms with van der Waals surface area (Å²) in [4.78, 5) is 32.1. The van der Waals surface area contributed by atoms with Crippen molar-refractivity contribution in [1.82, 2.24) is 15.2 Å². The van der Waals surface area contributed by atoms with Crippen LogP contribution in [0.25, 0.3) is 10.2 Å². The van der Waals surface area contributed by atoms with Gasteiger partial charge >= 0.3 is 0 Å². The summed E-state index contributed by atoms with van der Waals surface area (Å²) in [5.74, 6) is 0.191. The lowest BCUT2D eigenvalue weighted by atomic mass is 10.0. The molecule has 9 heteroatoms. The molecule has 0 saturated heterocycles. The molecule has 0 fully saturated rings. The molecule has 2 N–H and O–H groups in total. The number of para-hydroxylation sites is 1. The van der Waals surface area contributed by atoms with Gasteiger partial charge in [0.15, 0.2) is 5.01 Å². The van der Waals surface area contributed by atoms with E-state index < -0.39 is 0 Å². The highest BCUT2D eigenvalue weighted by atomic mass is 32.1. The van der Waals surface area contributed by atoms with Crippen molar-refractivity contribution in [3.63, 3.8) is 0 Å². The average Bonchev–Trinajstić information content (AvgIpc) is 3.28. The van der Waals surface area contributed by atoms with E-state index in [1.807, 2.05) is 31.2 Å². The highest BCUT2D eigenvalue weighted by Gasteiger charge is 2.25. The van der Waals surface area contributed by atoms with Crippen LogP contribution in [0.1, 0.15) is 34.0 Å². The van der Waals surface area contributed by atoms with Gasteiger partial charge in [-0.15, -0.1) is 11.3 Å². The van der Waals surface area contributed by atoms with E-state index in [1.54, 1.807) is 37.3 Å². The second-order valence-corrected chi connectivity index (χ2v) is 9.74. The number of carbonyl (C=O) groups excluding carboxylic acids is 2. The van der Waals surface area contributed by atoms with E-state index in [9.17, 15) is 9.59 Å². The highest BCUT2D eigenvalue weighted by Crippen LogP contribution is 2.27. The number of ether oxygens (including phenoxy) is 2. The Bertz CT molecular complexity index is 1150. The van der Waals surface area contributed by atoms with Crippen LogP contribution in [0.4, 0.5) is 5.69 Å². The molecule has 1 aliphatic heterocycles. The van der Waals surface area contributed by atoms with E-state index in [0.29, 0.717) is 35.2 Å². The number of nitrogens with zero attached hydrogens (tertiary/aromatic N) is 2. The standard InChI is InChI=1S/C25H30N4O4S/c1-15-12-26-16(2)14-33-20-11-17(9-10-18(20)25(31)29(3)13-21(15)32-4)27-23(30)24-28-19-7-5-6-8-22(19)34-24/h5-11,15-16,21,26H,12-14H2,1-4H3,(H,27,30)/t15-,16+,21+/m1/s1. The van der Waals surface area contributed by atoms with Gasteiger partial charge in [0.05, 0.1) is 21.9 Å². The summed E-state index contributed by atoms with van der Waals surface area (Å²) in [7, 11) is 3.43. The van der Waals surface area contributed by atoms with E-state index >= 15 is 0 Å². The summed E-state index contributed by atoms with van der Waals surface area (Å²) in [5.41, 5.74) is 1.77. The van der Waals surface area contributed by atoms with E-state index in [2.05, 4.69) is 22.5 Å². The Balaban J connectivity index is 1.58. The van der Waals surface area contributed by atoms with Crippen molar-refractivity contribution in [2.75, 3.05) is 39.2 Å². The Hall–Kier alpha value is -3.01. The van der Waals surface area contributed by atoms with Crippen molar-refractivity contribution in [2.45, 2.75) is 26.0 Å². The third kappa shape index (κ3) is 5.38. The van der Waals surface area contributed by atoms with E-state index in [0.717, 1.165) is 16.8 Å².